The Bertz CT molecular complexity index is 381. The van der Waals surface area contributed by atoms with Crippen LogP contribution >= 0.6 is 0 Å². The summed E-state index contributed by atoms with van der Waals surface area (Å²) in [5, 5.41) is 14.7. The molecule has 0 aromatic heterocycles. The molecule has 1 aliphatic carbocycles. The molecular formula is C13H24N2O4S. The molecule has 2 amide bonds. The van der Waals surface area contributed by atoms with Gasteiger partial charge in [-0.2, -0.15) is 0 Å². The lowest BCUT2D eigenvalue weighted by atomic mass is 9.74. The largest absolute Gasteiger partial charge is 0.481 e. The zero-order chi connectivity index (χ0) is 15.2. The highest BCUT2D eigenvalue weighted by Gasteiger charge is 2.39. The first kappa shape index (κ1) is 16.9. The summed E-state index contributed by atoms with van der Waals surface area (Å²) in [6.07, 6.45) is 5.63. The highest BCUT2D eigenvalue weighted by Crippen LogP contribution is 2.35. The maximum Gasteiger partial charge on any atom is 0.315 e. The van der Waals surface area contributed by atoms with Gasteiger partial charge < -0.3 is 15.7 Å². The molecule has 0 saturated heterocycles. The van der Waals surface area contributed by atoms with Crippen LogP contribution in [0.15, 0.2) is 0 Å². The van der Waals surface area contributed by atoms with Gasteiger partial charge in [0, 0.05) is 35.4 Å². The number of hydrogen-bond acceptors (Lipinski definition) is 3. The van der Waals surface area contributed by atoms with Crippen LogP contribution in [0.5, 0.6) is 0 Å². The van der Waals surface area contributed by atoms with E-state index in [4.69, 9.17) is 0 Å². The van der Waals surface area contributed by atoms with Crippen molar-refractivity contribution in [1.29, 1.82) is 0 Å². The zero-order valence-corrected chi connectivity index (χ0v) is 12.9. The Balaban J connectivity index is 2.45. The molecule has 0 heterocycles. The van der Waals surface area contributed by atoms with Gasteiger partial charge in [-0.3, -0.25) is 9.00 Å². The van der Waals surface area contributed by atoms with Gasteiger partial charge in [0.2, 0.25) is 0 Å². The Morgan fingerprint density at radius 2 is 1.90 bits per heavy atom. The van der Waals surface area contributed by atoms with E-state index in [0.29, 0.717) is 18.6 Å². The van der Waals surface area contributed by atoms with E-state index in [2.05, 4.69) is 10.6 Å². The fraction of sp³-hybridized carbons (Fsp3) is 0.846. The Morgan fingerprint density at radius 1 is 1.30 bits per heavy atom. The fourth-order valence-corrected chi connectivity index (χ4v) is 3.40. The molecule has 2 atom stereocenters. The van der Waals surface area contributed by atoms with Crippen molar-refractivity contribution in [1.82, 2.24) is 10.6 Å². The first-order chi connectivity index (χ1) is 9.35. The predicted molar refractivity (Wildman–Crippen MR) is 78.1 cm³/mol. The average molecular weight is 304 g/mol. The Kier molecular flexibility index (Phi) is 6.45. The lowest BCUT2D eigenvalue weighted by Gasteiger charge is -2.33. The minimum Gasteiger partial charge on any atom is -0.481 e. The van der Waals surface area contributed by atoms with Gasteiger partial charge in [-0.15, -0.1) is 0 Å². The molecule has 20 heavy (non-hydrogen) atoms. The standard InChI is InChI=1S/C13H24N2O4S/c1-10(8-20(2)19)15-12(18)14-9-13(11(16)17)6-4-3-5-7-13/h10H,3-9H2,1-2H3,(H,16,17)(H2,14,15,18). The van der Waals surface area contributed by atoms with Crippen LogP contribution in [0.25, 0.3) is 0 Å². The maximum absolute atomic E-state index is 11.7. The lowest BCUT2D eigenvalue weighted by Crippen LogP contribution is -2.49. The van der Waals surface area contributed by atoms with Crippen molar-refractivity contribution in [3.05, 3.63) is 0 Å². The van der Waals surface area contributed by atoms with Gasteiger partial charge in [-0.25, -0.2) is 4.79 Å². The molecule has 0 spiro atoms. The number of carbonyl (C=O) groups is 2. The van der Waals surface area contributed by atoms with Gasteiger partial charge in [0.25, 0.3) is 0 Å². The monoisotopic (exact) mass is 304 g/mol. The third-order valence-corrected chi connectivity index (χ3v) is 4.68. The highest BCUT2D eigenvalue weighted by molar-refractivity contribution is 7.84. The van der Waals surface area contributed by atoms with E-state index < -0.39 is 28.2 Å². The van der Waals surface area contributed by atoms with Crippen LogP contribution in [0.4, 0.5) is 4.79 Å². The summed E-state index contributed by atoms with van der Waals surface area (Å²) < 4.78 is 11.0. The van der Waals surface area contributed by atoms with Gasteiger partial charge in [0.1, 0.15) is 0 Å². The zero-order valence-electron chi connectivity index (χ0n) is 12.1. The van der Waals surface area contributed by atoms with Crippen LogP contribution < -0.4 is 10.6 Å². The van der Waals surface area contributed by atoms with Gasteiger partial charge in [0.05, 0.1) is 5.41 Å². The number of carboxylic acids is 1. The van der Waals surface area contributed by atoms with E-state index in [-0.39, 0.29) is 12.6 Å². The Hall–Kier alpha value is -1.11. The van der Waals surface area contributed by atoms with Gasteiger partial charge in [0.15, 0.2) is 0 Å². The first-order valence-corrected chi connectivity index (χ1v) is 8.66. The van der Waals surface area contributed by atoms with E-state index in [1.807, 2.05) is 0 Å². The molecule has 0 bridgehead atoms. The molecule has 3 N–H and O–H groups in total. The number of nitrogens with one attached hydrogen (secondary N) is 2. The molecule has 1 rings (SSSR count). The summed E-state index contributed by atoms with van der Waals surface area (Å²) in [7, 11) is -0.973. The van der Waals surface area contributed by atoms with Crippen LogP contribution in [0, 0.1) is 5.41 Å². The summed E-state index contributed by atoms with van der Waals surface area (Å²) in [6, 6.07) is -0.595. The highest BCUT2D eigenvalue weighted by atomic mass is 32.2. The third kappa shape index (κ3) is 5.11. The predicted octanol–water partition coefficient (Wildman–Crippen LogP) is 1.09. The normalized spacial score (nSPS) is 20.7. The van der Waals surface area contributed by atoms with Gasteiger partial charge >= 0.3 is 12.0 Å². The molecule has 116 valence electrons. The number of hydrogen-bond donors (Lipinski definition) is 3. The fourth-order valence-electron chi connectivity index (χ4n) is 2.61. The maximum atomic E-state index is 11.7. The van der Waals surface area contributed by atoms with Gasteiger partial charge in [-0.1, -0.05) is 19.3 Å². The molecule has 0 aromatic rings. The summed E-state index contributed by atoms with van der Waals surface area (Å²) in [4.78, 5) is 23.2. The second-order valence-corrected chi connectivity index (χ2v) is 7.09. The molecule has 0 radical (unpaired) electrons. The Labute approximate surface area is 122 Å². The van der Waals surface area contributed by atoms with Crippen molar-refractivity contribution < 1.29 is 18.9 Å². The minimum atomic E-state index is -0.973. The van der Waals surface area contributed by atoms with Crippen molar-refractivity contribution in [2.45, 2.75) is 45.1 Å². The SMILES string of the molecule is CC(CS(C)=O)NC(=O)NCC1(C(=O)O)CCCCC1. The number of aliphatic carboxylic acids is 1. The van der Waals surface area contributed by atoms with E-state index >= 15 is 0 Å². The van der Waals surface area contributed by atoms with E-state index in [0.717, 1.165) is 19.3 Å². The molecule has 0 aliphatic heterocycles. The first-order valence-electron chi connectivity index (χ1n) is 6.93. The molecule has 1 saturated carbocycles. The smallest absolute Gasteiger partial charge is 0.315 e. The summed E-state index contributed by atoms with van der Waals surface area (Å²) in [5.74, 6) is -0.447. The number of carbonyl (C=O) groups excluding carboxylic acids is 1. The molecule has 6 nitrogen and oxygen atoms in total. The summed E-state index contributed by atoms with van der Waals surface area (Å²) in [5.41, 5.74) is -0.827. The quantitative estimate of drug-likeness (QED) is 0.684. The molecule has 0 aromatic carbocycles. The van der Waals surface area contributed by atoms with Crippen LogP contribution in [0.1, 0.15) is 39.0 Å². The van der Waals surface area contributed by atoms with E-state index in [1.54, 1.807) is 13.2 Å². The Morgan fingerprint density at radius 3 is 2.40 bits per heavy atom. The van der Waals surface area contributed by atoms with Crippen LogP contribution in [-0.2, 0) is 15.6 Å². The average Bonchev–Trinajstić information content (AvgIpc) is 2.36. The van der Waals surface area contributed by atoms with Crippen molar-refractivity contribution >= 4 is 22.8 Å². The lowest BCUT2D eigenvalue weighted by molar-refractivity contribution is -0.150. The molecule has 1 fully saturated rings. The third-order valence-electron chi connectivity index (χ3n) is 3.71. The topological polar surface area (TPSA) is 95.5 Å². The number of urea groups is 1. The minimum absolute atomic E-state index is 0.149. The summed E-state index contributed by atoms with van der Waals surface area (Å²) >= 11 is 0. The molecule has 2 unspecified atom stereocenters. The molecule has 1 aliphatic rings. The van der Waals surface area contributed by atoms with Gasteiger partial charge in [-0.05, 0) is 19.8 Å². The summed E-state index contributed by atoms with van der Waals surface area (Å²) in [6.45, 7) is 1.92. The van der Waals surface area contributed by atoms with Crippen LogP contribution in [0.3, 0.4) is 0 Å². The van der Waals surface area contributed by atoms with Crippen LogP contribution in [0.2, 0.25) is 0 Å². The number of rotatable bonds is 6. The van der Waals surface area contributed by atoms with Crippen molar-refractivity contribution in [2.75, 3.05) is 18.6 Å². The van der Waals surface area contributed by atoms with Crippen molar-refractivity contribution in [3.63, 3.8) is 0 Å². The van der Waals surface area contributed by atoms with E-state index in [1.165, 1.54) is 0 Å². The number of carboxylic acid groups (broad SMARTS) is 1. The van der Waals surface area contributed by atoms with Crippen molar-refractivity contribution in [3.8, 4) is 0 Å². The number of amides is 2. The second kappa shape index (κ2) is 7.61. The van der Waals surface area contributed by atoms with Crippen LogP contribution in [-0.4, -0.2) is 45.9 Å². The second-order valence-electron chi connectivity index (χ2n) is 5.61. The molecule has 7 heteroatoms. The molecular weight excluding hydrogens is 280 g/mol. The van der Waals surface area contributed by atoms with E-state index in [9.17, 15) is 18.9 Å². The van der Waals surface area contributed by atoms with Crippen molar-refractivity contribution in [2.24, 2.45) is 5.41 Å².